The summed E-state index contributed by atoms with van der Waals surface area (Å²) >= 11 is 0. The van der Waals surface area contributed by atoms with Gasteiger partial charge in [-0.25, -0.2) is 4.79 Å². The fourth-order valence-corrected chi connectivity index (χ4v) is 3.93. The number of nitrogens with one attached hydrogen (secondary N) is 1. The molecule has 2 aliphatic heterocycles. The van der Waals surface area contributed by atoms with E-state index < -0.39 is 46.8 Å². The van der Waals surface area contributed by atoms with Crippen molar-refractivity contribution in [3.63, 3.8) is 0 Å². The maximum atomic E-state index is 12.5. The molecule has 0 amide bonds. The van der Waals surface area contributed by atoms with Gasteiger partial charge in [-0.1, -0.05) is 6.08 Å². The lowest BCUT2D eigenvalue weighted by Crippen LogP contribution is -2.54. The Morgan fingerprint density at radius 3 is 1.96 bits per heavy atom. The van der Waals surface area contributed by atoms with Crippen molar-refractivity contribution in [2.75, 3.05) is 28.4 Å². The van der Waals surface area contributed by atoms with Crippen LogP contribution in [0.5, 0.6) is 0 Å². The molecule has 2 fully saturated rings. The normalized spacial score (nSPS) is 33.1. The zero-order valence-corrected chi connectivity index (χ0v) is 14.5. The summed E-state index contributed by atoms with van der Waals surface area (Å²) in [6.45, 7) is 0. The Morgan fingerprint density at radius 1 is 0.880 bits per heavy atom. The second-order valence-corrected chi connectivity index (χ2v) is 5.96. The Bertz CT molecular complexity index is 630. The smallest absolute Gasteiger partial charge is 0.330 e. The number of carbonyl (C=O) groups is 4. The number of rotatable bonds is 5. The standard InChI is InChI=1S/C16H21NO8/c1-22-10(18)6-5-9-11(12(19)23-2)16(14(21)25-4)8-7-15(9,17-16)13(20)24-3/h5-6,9,11,17H,7-8H2,1-4H3/b6-5+. The van der Waals surface area contributed by atoms with E-state index in [1.807, 2.05) is 0 Å². The van der Waals surface area contributed by atoms with Crippen molar-refractivity contribution in [2.24, 2.45) is 11.8 Å². The number of fused-ring (bicyclic) bond motifs is 2. The molecular weight excluding hydrogens is 334 g/mol. The Morgan fingerprint density at radius 2 is 1.44 bits per heavy atom. The molecule has 0 saturated carbocycles. The third kappa shape index (κ3) is 2.68. The first-order chi connectivity index (χ1) is 11.8. The fourth-order valence-electron chi connectivity index (χ4n) is 3.93. The van der Waals surface area contributed by atoms with Crippen LogP contribution in [0.25, 0.3) is 0 Å². The highest BCUT2D eigenvalue weighted by Crippen LogP contribution is 2.54. The van der Waals surface area contributed by atoms with Crippen molar-refractivity contribution >= 4 is 23.9 Å². The van der Waals surface area contributed by atoms with Crippen LogP contribution < -0.4 is 5.32 Å². The van der Waals surface area contributed by atoms with Crippen LogP contribution in [-0.4, -0.2) is 63.4 Å². The third-order valence-corrected chi connectivity index (χ3v) is 5.01. The summed E-state index contributed by atoms with van der Waals surface area (Å²) in [5.41, 5.74) is -2.77. The van der Waals surface area contributed by atoms with Gasteiger partial charge >= 0.3 is 23.9 Å². The van der Waals surface area contributed by atoms with Crippen molar-refractivity contribution in [3.05, 3.63) is 12.2 Å². The van der Waals surface area contributed by atoms with E-state index in [0.29, 0.717) is 0 Å². The predicted molar refractivity (Wildman–Crippen MR) is 82.0 cm³/mol. The minimum absolute atomic E-state index is 0.192. The van der Waals surface area contributed by atoms with Gasteiger partial charge in [-0.15, -0.1) is 0 Å². The topological polar surface area (TPSA) is 117 Å². The molecule has 4 unspecified atom stereocenters. The van der Waals surface area contributed by atoms with Crippen LogP contribution in [0, 0.1) is 11.8 Å². The lowest BCUT2D eigenvalue weighted by molar-refractivity contribution is -0.161. The first kappa shape index (κ1) is 18.9. The van der Waals surface area contributed by atoms with E-state index in [-0.39, 0.29) is 12.8 Å². The number of ether oxygens (including phenoxy) is 4. The molecule has 1 N–H and O–H groups in total. The molecule has 0 radical (unpaired) electrons. The monoisotopic (exact) mass is 355 g/mol. The minimum atomic E-state index is -1.43. The average Bonchev–Trinajstić information content (AvgIpc) is 3.17. The largest absolute Gasteiger partial charge is 0.469 e. The molecule has 4 atom stereocenters. The molecule has 0 aromatic rings. The molecule has 2 bridgehead atoms. The van der Waals surface area contributed by atoms with Gasteiger partial charge < -0.3 is 18.9 Å². The highest BCUT2D eigenvalue weighted by atomic mass is 16.5. The summed E-state index contributed by atoms with van der Waals surface area (Å²) in [6.07, 6.45) is 2.91. The van der Waals surface area contributed by atoms with Gasteiger partial charge in [0.1, 0.15) is 11.1 Å². The van der Waals surface area contributed by atoms with Crippen LogP contribution in [-0.2, 0) is 38.1 Å². The first-order valence-corrected chi connectivity index (χ1v) is 7.63. The second-order valence-electron chi connectivity index (χ2n) is 5.96. The van der Waals surface area contributed by atoms with Gasteiger partial charge in [0.15, 0.2) is 0 Å². The Kier molecular flexibility index (Phi) is 5.17. The highest BCUT2D eigenvalue weighted by molar-refractivity contribution is 5.96. The van der Waals surface area contributed by atoms with E-state index in [9.17, 15) is 19.2 Å². The summed E-state index contributed by atoms with van der Waals surface area (Å²) in [4.78, 5) is 48.9. The molecule has 0 aliphatic carbocycles. The number of esters is 4. The highest BCUT2D eigenvalue weighted by Gasteiger charge is 2.74. The van der Waals surface area contributed by atoms with Crippen molar-refractivity contribution in [2.45, 2.75) is 23.9 Å². The van der Waals surface area contributed by atoms with E-state index in [4.69, 9.17) is 14.2 Å². The third-order valence-electron chi connectivity index (χ3n) is 5.01. The summed E-state index contributed by atoms with van der Waals surface area (Å²) in [5, 5.41) is 2.96. The molecule has 0 aromatic heterocycles. The van der Waals surface area contributed by atoms with E-state index >= 15 is 0 Å². The zero-order valence-electron chi connectivity index (χ0n) is 14.5. The van der Waals surface area contributed by atoms with E-state index in [1.165, 1.54) is 34.5 Å². The van der Waals surface area contributed by atoms with Gasteiger partial charge in [0, 0.05) is 12.0 Å². The van der Waals surface area contributed by atoms with Gasteiger partial charge in [-0.05, 0) is 12.8 Å². The average molecular weight is 355 g/mol. The Hall–Kier alpha value is -2.42. The summed E-state index contributed by atoms with van der Waals surface area (Å²) in [7, 11) is 4.80. The van der Waals surface area contributed by atoms with Gasteiger partial charge in [0.2, 0.25) is 0 Å². The molecule has 0 spiro atoms. The maximum absolute atomic E-state index is 12.5. The van der Waals surface area contributed by atoms with Crippen LogP contribution in [0.2, 0.25) is 0 Å². The Balaban J connectivity index is 2.59. The van der Waals surface area contributed by atoms with Crippen LogP contribution in [0.4, 0.5) is 0 Å². The molecule has 2 heterocycles. The van der Waals surface area contributed by atoms with Gasteiger partial charge in [0.05, 0.1) is 34.4 Å². The number of carbonyl (C=O) groups excluding carboxylic acids is 4. The van der Waals surface area contributed by atoms with Crippen LogP contribution >= 0.6 is 0 Å². The van der Waals surface area contributed by atoms with Crippen LogP contribution in [0.3, 0.4) is 0 Å². The van der Waals surface area contributed by atoms with Crippen molar-refractivity contribution in [1.82, 2.24) is 5.32 Å². The fraction of sp³-hybridized carbons (Fsp3) is 0.625. The van der Waals surface area contributed by atoms with E-state index in [2.05, 4.69) is 10.1 Å². The molecule has 2 rings (SSSR count). The lowest BCUT2D eigenvalue weighted by Gasteiger charge is -2.35. The summed E-state index contributed by atoms with van der Waals surface area (Å²) < 4.78 is 19.1. The number of hydrogen-bond acceptors (Lipinski definition) is 9. The number of hydrogen-bond donors (Lipinski definition) is 1. The maximum Gasteiger partial charge on any atom is 0.330 e. The van der Waals surface area contributed by atoms with E-state index in [1.54, 1.807) is 0 Å². The van der Waals surface area contributed by atoms with Gasteiger partial charge in [-0.3, -0.25) is 19.7 Å². The first-order valence-electron chi connectivity index (χ1n) is 7.63. The quantitative estimate of drug-likeness (QED) is 0.389. The second kappa shape index (κ2) is 6.83. The molecule has 9 heteroatoms. The summed E-state index contributed by atoms with van der Waals surface area (Å²) in [5.74, 6) is -4.56. The predicted octanol–water partition coefficient (Wildman–Crippen LogP) is -0.658. The van der Waals surface area contributed by atoms with E-state index in [0.717, 1.165) is 6.08 Å². The lowest BCUT2D eigenvalue weighted by atomic mass is 9.66. The van der Waals surface area contributed by atoms with Gasteiger partial charge in [-0.2, -0.15) is 0 Å². The zero-order chi connectivity index (χ0) is 18.8. The molecule has 0 aromatic carbocycles. The molecule has 25 heavy (non-hydrogen) atoms. The molecule has 2 aliphatic rings. The van der Waals surface area contributed by atoms with Crippen molar-refractivity contribution in [3.8, 4) is 0 Å². The van der Waals surface area contributed by atoms with Crippen LogP contribution in [0.1, 0.15) is 12.8 Å². The van der Waals surface area contributed by atoms with Crippen LogP contribution in [0.15, 0.2) is 12.2 Å². The molecular formula is C16H21NO8. The number of methoxy groups -OCH3 is 4. The molecule has 2 saturated heterocycles. The van der Waals surface area contributed by atoms with Gasteiger partial charge in [0.25, 0.3) is 0 Å². The van der Waals surface area contributed by atoms with Crippen molar-refractivity contribution in [1.29, 1.82) is 0 Å². The van der Waals surface area contributed by atoms with Crippen molar-refractivity contribution < 1.29 is 38.1 Å². The SMILES string of the molecule is COC(=O)/C=C/C1C(C(=O)OC)C2(C(=O)OC)CCC1(C(=O)OC)N2. The minimum Gasteiger partial charge on any atom is -0.469 e. The summed E-state index contributed by atoms with van der Waals surface area (Å²) in [6, 6.07) is 0. The Labute approximate surface area is 144 Å². The molecule has 138 valence electrons. The molecule has 9 nitrogen and oxygen atoms in total.